The molecular weight excluding hydrogens is 370 g/mol. The fraction of sp³-hybridized carbons (Fsp3) is 0.773. The van der Waals surface area contributed by atoms with Gasteiger partial charge in [0.05, 0.1) is 12.1 Å². The van der Waals surface area contributed by atoms with E-state index in [1.165, 1.54) is 16.4 Å². The molecule has 0 amide bonds. The molecule has 0 aliphatic heterocycles. The molecule has 0 fully saturated rings. The second-order valence-corrected chi connectivity index (χ2v) is 8.40. The zero-order chi connectivity index (χ0) is 22.0. The van der Waals surface area contributed by atoms with Crippen LogP contribution in [0, 0.1) is 5.92 Å². The monoisotopic (exact) mass is 409 g/mol. The molecule has 0 saturated heterocycles. The summed E-state index contributed by atoms with van der Waals surface area (Å²) in [4.78, 5) is 35.8. The average Bonchev–Trinajstić information content (AvgIpc) is 2.87. The van der Waals surface area contributed by atoms with Crippen molar-refractivity contribution in [3.63, 3.8) is 0 Å². The van der Waals surface area contributed by atoms with Crippen molar-refractivity contribution in [2.75, 3.05) is 0 Å². The highest BCUT2D eigenvalue weighted by Crippen LogP contribution is 2.26. The molecule has 7 heteroatoms. The molecule has 0 spiro atoms. The summed E-state index contributed by atoms with van der Waals surface area (Å²) in [6.45, 7) is 8.18. The predicted octanol–water partition coefficient (Wildman–Crippen LogP) is 3.02. The van der Waals surface area contributed by atoms with E-state index in [9.17, 15) is 19.5 Å². The van der Waals surface area contributed by atoms with Gasteiger partial charge in [-0.3, -0.25) is 0 Å². The number of hydrogen-bond acceptors (Lipinski definition) is 4. The van der Waals surface area contributed by atoms with E-state index < -0.39 is 5.60 Å². The quantitative estimate of drug-likeness (QED) is 0.378. The maximum atomic E-state index is 12.5. The summed E-state index contributed by atoms with van der Waals surface area (Å²) >= 11 is 0. The van der Waals surface area contributed by atoms with Crippen LogP contribution in [0.4, 0.5) is 0 Å². The molecule has 2 atom stereocenters. The smallest absolute Gasteiger partial charge is 0.347 e. The molecule has 2 unspecified atom stereocenters. The van der Waals surface area contributed by atoms with E-state index in [0.29, 0.717) is 25.9 Å². The number of nitrogens with zero attached hydrogens (tertiary/aromatic N) is 3. The Bertz CT molecular complexity index is 783. The van der Waals surface area contributed by atoms with Crippen molar-refractivity contribution < 1.29 is 9.90 Å². The average molecular weight is 410 g/mol. The molecule has 0 aromatic carbocycles. The lowest BCUT2D eigenvalue weighted by Gasteiger charge is -2.30. The van der Waals surface area contributed by atoms with Crippen molar-refractivity contribution in [1.29, 1.82) is 0 Å². The zero-order valence-electron chi connectivity index (χ0n) is 18.8. The standard InChI is InChI=1S/C22H39N3O4/c1-6-7-13-18(2)22(4,29)15-17-25-21(28)23(5)20(27)24(25)16-12-10-8-9-11-14-19(3)26/h10,12,18,29H,6-9,11,13-17H2,1-5H3. The van der Waals surface area contributed by atoms with Gasteiger partial charge >= 0.3 is 11.4 Å². The fourth-order valence-corrected chi connectivity index (χ4v) is 3.36. The van der Waals surface area contributed by atoms with Gasteiger partial charge in [-0.15, -0.1) is 0 Å². The normalized spacial score (nSPS) is 15.0. The number of allylic oxidation sites excluding steroid dienone is 2. The predicted molar refractivity (Wildman–Crippen MR) is 116 cm³/mol. The van der Waals surface area contributed by atoms with Crippen molar-refractivity contribution in [2.45, 2.75) is 97.8 Å². The first-order valence-corrected chi connectivity index (χ1v) is 10.8. The van der Waals surface area contributed by atoms with Gasteiger partial charge in [-0.1, -0.05) is 38.8 Å². The summed E-state index contributed by atoms with van der Waals surface area (Å²) in [6, 6.07) is 0. The maximum absolute atomic E-state index is 12.5. The SMILES string of the molecule is CCCCC(C)C(C)(O)CCn1c(=O)n(C)c(=O)n1CC=CCCCCC(C)=O. The number of carbonyl (C=O) groups is 1. The van der Waals surface area contributed by atoms with E-state index in [4.69, 9.17) is 0 Å². The van der Waals surface area contributed by atoms with E-state index in [2.05, 4.69) is 6.92 Å². The van der Waals surface area contributed by atoms with Crippen LogP contribution in [0.5, 0.6) is 0 Å². The molecule has 0 saturated carbocycles. The molecule has 1 aromatic rings. The molecular formula is C22H39N3O4. The number of unbranched alkanes of at least 4 members (excludes halogenated alkanes) is 3. The molecule has 0 aliphatic rings. The van der Waals surface area contributed by atoms with E-state index in [-0.39, 0.29) is 23.1 Å². The number of Topliss-reactive ketones (excluding diaryl/α,β-unsaturated/α-hetero) is 1. The second kappa shape index (κ2) is 12.0. The summed E-state index contributed by atoms with van der Waals surface area (Å²) in [5.41, 5.74) is -1.60. The molecule has 1 N–H and O–H groups in total. The van der Waals surface area contributed by atoms with Crippen LogP contribution in [-0.2, 0) is 24.9 Å². The first kappa shape index (κ1) is 25.1. The van der Waals surface area contributed by atoms with Gasteiger partial charge in [0, 0.05) is 20.0 Å². The zero-order valence-corrected chi connectivity index (χ0v) is 18.8. The van der Waals surface area contributed by atoms with Gasteiger partial charge in [0.2, 0.25) is 0 Å². The Morgan fingerprint density at radius 3 is 2.41 bits per heavy atom. The maximum Gasteiger partial charge on any atom is 0.347 e. The van der Waals surface area contributed by atoms with Crippen molar-refractivity contribution in [3.05, 3.63) is 33.1 Å². The second-order valence-electron chi connectivity index (χ2n) is 8.40. The Kier molecular flexibility index (Phi) is 10.4. The number of aromatic nitrogens is 3. The number of ketones is 1. The van der Waals surface area contributed by atoms with Gasteiger partial charge in [0.1, 0.15) is 5.78 Å². The van der Waals surface area contributed by atoms with E-state index in [0.717, 1.165) is 43.1 Å². The molecule has 166 valence electrons. The Hall–Kier alpha value is -1.89. The summed E-state index contributed by atoms with van der Waals surface area (Å²) in [5.74, 6) is 0.325. The van der Waals surface area contributed by atoms with Crippen LogP contribution in [0.1, 0.15) is 79.1 Å². The van der Waals surface area contributed by atoms with Crippen molar-refractivity contribution >= 4 is 5.78 Å². The molecule has 0 bridgehead atoms. The lowest BCUT2D eigenvalue weighted by atomic mass is 9.84. The lowest BCUT2D eigenvalue weighted by Crippen LogP contribution is -2.37. The van der Waals surface area contributed by atoms with E-state index in [1.807, 2.05) is 26.0 Å². The van der Waals surface area contributed by atoms with Gasteiger partial charge in [0.25, 0.3) is 0 Å². The molecule has 0 aliphatic carbocycles. The van der Waals surface area contributed by atoms with Crippen molar-refractivity contribution in [1.82, 2.24) is 13.9 Å². The Morgan fingerprint density at radius 1 is 1.14 bits per heavy atom. The number of aliphatic hydroxyl groups is 1. The third kappa shape index (κ3) is 7.80. The van der Waals surface area contributed by atoms with Gasteiger partial charge in [0.15, 0.2) is 0 Å². The van der Waals surface area contributed by atoms with Gasteiger partial charge < -0.3 is 9.90 Å². The highest BCUT2D eigenvalue weighted by Gasteiger charge is 2.28. The van der Waals surface area contributed by atoms with Crippen LogP contribution in [-0.4, -0.2) is 30.4 Å². The van der Waals surface area contributed by atoms with E-state index >= 15 is 0 Å². The highest BCUT2D eigenvalue weighted by atomic mass is 16.3. The molecule has 1 rings (SSSR count). The Balaban J connectivity index is 2.76. The van der Waals surface area contributed by atoms with Crippen molar-refractivity contribution in [3.8, 4) is 0 Å². The largest absolute Gasteiger partial charge is 0.390 e. The van der Waals surface area contributed by atoms with Crippen LogP contribution < -0.4 is 11.4 Å². The summed E-state index contributed by atoms with van der Waals surface area (Å²) in [5, 5.41) is 10.8. The van der Waals surface area contributed by atoms with E-state index in [1.54, 1.807) is 6.92 Å². The minimum absolute atomic E-state index is 0.122. The third-order valence-corrected chi connectivity index (χ3v) is 5.78. The van der Waals surface area contributed by atoms with Gasteiger partial charge in [-0.2, -0.15) is 0 Å². The minimum Gasteiger partial charge on any atom is -0.390 e. The van der Waals surface area contributed by atoms with Crippen LogP contribution in [0.3, 0.4) is 0 Å². The molecule has 29 heavy (non-hydrogen) atoms. The van der Waals surface area contributed by atoms with Crippen LogP contribution in [0.25, 0.3) is 0 Å². The highest BCUT2D eigenvalue weighted by molar-refractivity contribution is 5.75. The minimum atomic E-state index is -0.891. The Labute approximate surface area is 174 Å². The first-order chi connectivity index (χ1) is 13.6. The lowest BCUT2D eigenvalue weighted by molar-refractivity contribution is -0.117. The summed E-state index contributed by atoms with van der Waals surface area (Å²) < 4.78 is 3.97. The van der Waals surface area contributed by atoms with Crippen molar-refractivity contribution in [2.24, 2.45) is 13.0 Å². The summed E-state index contributed by atoms with van der Waals surface area (Å²) in [6.07, 6.45) is 10.6. The topological polar surface area (TPSA) is 86.2 Å². The molecule has 0 radical (unpaired) electrons. The van der Waals surface area contributed by atoms with Crippen LogP contribution in [0.15, 0.2) is 21.7 Å². The van der Waals surface area contributed by atoms with Crippen LogP contribution >= 0.6 is 0 Å². The number of hydrogen-bond donors (Lipinski definition) is 1. The molecule has 1 aromatic heterocycles. The van der Waals surface area contributed by atoms with Gasteiger partial charge in [-0.05, 0) is 51.9 Å². The first-order valence-electron chi connectivity index (χ1n) is 10.8. The number of rotatable bonds is 14. The van der Waals surface area contributed by atoms with Gasteiger partial charge in [-0.25, -0.2) is 23.5 Å². The fourth-order valence-electron chi connectivity index (χ4n) is 3.36. The Morgan fingerprint density at radius 2 is 1.79 bits per heavy atom. The molecule has 7 nitrogen and oxygen atoms in total. The molecule has 1 heterocycles. The number of carbonyl (C=O) groups excluding carboxylic acids is 1. The third-order valence-electron chi connectivity index (χ3n) is 5.78. The summed E-state index contributed by atoms with van der Waals surface area (Å²) in [7, 11) is 1.48. The van der Waals surface area contributed by atoms with Crippen LogP contribution in [0.2, 0.25) is 0 Å².